The molecular weight excluding hydrogens is 383 g/mol. The first-order chi connectivity index (χ1) is 9.08. The molecule has 1 aromatic heterocycles. The zero-order valence-corrected chi connectivity index (χ0v) is 12.7. The van der Waals surface area contributed by atoms with Gasteiger partial charge in [-0.3, -0.25) is 4.79 Å². The van der Waals surface area contributed by atoms with Gasteiger partial charge in [0, 0.05) is 27.1 Å². The van der Waals surface area contributed by atoms with Crippen LogP contribution in [0.2, 0.25) is 5.02 Å². The zero-order valence-electron chi connectivity index (χ0n) is 9.75. The van der Waals surface area contributed by atoms with Crippen LogP contribution in [0.1, 0.15) is 12.8 Å². The summed E-state index contributed by atoms with van der Waals surface area (Å²) in [6.07, 6.45) is 0.566. The van der Waals surface area contributed by atoms with E-state index in [1.54, 1.807) is 16.8 Å². The molecule has 6 nitrogen and oxygen atoms in total. The van der Waals surface area contributed by atoms with Gasteiger partial charge in [-0.05, 0) is 57.6 Å². The molecule has 2 rings (SSSR count). The van der Waals surface area contributed by atoms with E-state index in [1.165, 1.54) is 0 Å². The van der Waals surface area contributed by atoms with Crippen molar-refractivity contribution < 1.29 is 9.90 Å². The summed E-state index contributed by atoms with van der Waals surface area (Å²) in [5, 5.41) is 20.7. The lowest BCUT2D eigenvalue weighted by atomic mass is 10.2. The van der Waals surface area contributed by atoms with E-state index < -0.39 is 5.97 Å². The minimum atomic E-state index is -0.827. The second-order valence-electron chi connectivity index (χ2n) is 3.85. The van der Waals surface area contributed by atoms with Gasteiger partial charge in [0.05, 0.1) is 0 Å². The number of halogens is 2. The maximum absolute atomic E-state index is 10.5. The Morgan fingerprint density at radius 1 is 1.47 bits per heavy atom. The van der Waals surface area contributed by atoms with Gasteiger partial charge in [0.25, 0.3) is 0 Å². The highest BCUT2D eigenvalue weighted by Crippen LogP contribution is 2.26. The monoisotopic (exact) mass is 392 g/mol. The van der Waals surface area contributed by atoms with Crippen molar-refractivity contribution in [2.45, 2.75) is 19.4 Å². The second-order valence-corrected chi connectivity index (χ2v) is 5.45. The van der Waals surface area contributed by atoms with Crippen molar-refractivity contribution in [2.75, 3.05) is 0 Å². The number of benzene rings is 1. The topological polar surface area (TPSA) is 80.9 Å². The fourth-order valence-corrected chi connectivity index (χ4v) is 2.35. The van der Waals surface area contributed by atoms with Gasteiger partial charge in [-0.15, -0.1) is 5.10 Å². The Balaban J connectivity index is 2.23. The van der Waals surface area contributed by atoms with Crippen LogP contribution < -0.4 is 0 Å². The molecule has 0 fully saturated rings. The van der Waals surface area contributed by atoms with Crippen molar-refractivity contribution in [1.82, 2.24) is 20.2 Å². The third kappa shape index (κ3) is 3.63. The molecular formula is C11H10ClIN4O2. The van der Waals surface area contributed by atoms with E-state index in [4.69, 9.17) is 16.7 Å². The van der Waals surface area contributed by atoms with Crippen LogP contribution >= 0.6 is 34.2 Å². The molecule has 0 unspecified atom stereocenters. The van der Waals surface area contributed by atoms with Crippen molar-refractivity contribution in [2.24, 2.45) is 0 Å². The first kappa shape index (κ1) is 14.2. The Morgan fingerprint density at radius 3 is 3.00 bits per heavy atom. The summed E-state index contributed by atoms with van der Waals surface area (Å²) in [4.78, 5) is 10.5. The first-order valence-electron chi connectivity index (χ1n) is 5.51. The summed E-state index contributed by atoms with van der Waals surface area (Å²) in [6, 6.07) is 5.47. The van der Waals surface area contributed by atoms with Gasteiger partial charge in [0.2, 0.25) is 0 Å². The molecule has 1 N–H and O–H groups in total. The lowest BCUT2D eigenvalue weighted by molar-refractivity contribution is -0.137. The predicted octanol–water partition coefficient (Wildman–Crippen LogP) is 2.46. The Morgan fingerprint density at radius 2 is 2.26 bits per heavy atom. The average Bonchev–Trinajstić information content (AvgIpc) is 2.80. The number of carboxylic acids is 1. The van der Waals surface area contributed by atoms with Gasteiger partial charge in [-0.1, -0.05) is 11.6 Å². The summed E-state index contributed by atoms with van der Waals surface area (Å²) in [5.74, 6) is -0.232. The molecule has 19 heavy (non-hydrogen) atoms. The summed E-state index contributed by atoms with van der Waals surface area (Å²) in [7, 11) is 0. The summed E-state index contributed by atoms with van der Waals surface area (Å²) in [6.45, 7) is 0.456. The van der Waals surface area contributed by atoms with Crippen molar-refractivity contribution >= 4 is 40.2 Å². The quantitative estimate of drug-likeness (QED) is 0.791. The number of carboxylic acid groups (broad SMARTS) is 1. The third-order valence-electron chi connectivity index (χ3n) is 2.46. The van der Waals surface area contributed by atoms with Crippen LogP contribution in [0.5, 0.6) is 0 Å². The second kappa shape index (κ2) is 6.29. The van der Waals surface area contributed by atoms with Crippen LogP contribution in [0.15, 0.2) is 18.2 Å². The molecule has 1 aromatic carbocycles. The molecule has 0 saturated carbocycles. The van der Waals surface area contributed by atoms with Gasteiger partial charge >= 0.3 is 5.97 Å². The van der Waals surface area contributed by atoms with Crippen LogP contribution in [-0.4, -0.2) is 31.3 Å². The molecule has 8 heteroatoms. The minimum Gasteiger partial charge on any atom is -0.481 e. The maximum Gasteiger partial charge on any atom is 0.303 e. The van der Waals surface area contributed by atoms with Crippen LogP contribution in [-0.2, 0) is 11.3 Å². The molecule has 0 aliphatic carbocycles. The van der Waals surface area contributed by atoms with E-state index in [0.717, 1.165) is 9.13 Å². The Labute approximate surface area is 127 Å². The SMILES string of the molecule is O=C(O)CCCn1nnnc1-c1cc(Cl)ccc1I. The van der Waals surface area contributed by atoms with Crippen LogP contribution in [0, 0.1) is 3.57 Å². The van der Waals surface area contributed by atoms with Gasteiger partial charge < -0.3 is 5.11 Å². The molecule has 2 aromatic rings. The predicted molar refractivity (Wildman–Crippen MR) is 77.8 cm³/mol. The van der Waals surface area contributed by atoms with Crippen molar-refractivity contribution in [3.8, 4) is 11.4 Å². The molecule has 0 radical (unpaired) electrons. The largest absolute Gasteiger partial charge is 0.481 e. The van der Waals surface area contributed by atoms with Crippen LogP contribution in [0.3, 0.4) is 0 Å². The number of rotatable bonds is 5. The van der Waals surface area contributed by atoms with Gasteiger partial charge in [-0.25, -0.2) is 4.68 Å². The zero-order chi connectivity index (χ0) is 13.8. The number of hydrogen-bond acceptors (Lipinski definition) is 4. The highest BCUT2D eigenvalue weighted by molar-refractivity contribution is 14.1. The average molecular weight is 393 g/mol. The standard InChI is InChI=1S/C11H10ClIN4O2/c12-7-3-4-9(13)8(6-7)11-14-15-16-17(11)5-1-2-10(18)19/h3-4,6H,1-2,5H2,(H,18,19). The molecule has 0 aliphatic heterocycles. The first-order valence-corrected chi connectivity index (χ1v) is 6.97. The van der Waals surface area contributed by atoms with Crippen molar-refractivity contribution in [3.63, 3.8) is 0 Å². The van der Waals surface area contributed by atoms with Gasteiger partial charge in [0.15, 0.2) is 5.82 Å². The molecule has 0 saturated heterocycles. The smallest absolute Gasteiger partial charge is 0.303 e. The summed E-state index contributed by atoms with van der Waals surface area (Å²) in [5.41, 5.74) is 0.841. The van der Waals surface area contributed by atoms with Gasteiger partial charge in [0.1, 0.15) is 0 Å². The summed E-state index contributed by atoms with van der Waals surface area (Å²) < 4.78 is 2.58. The van der Waals surface area contributed by atoms with Crippen molar-refractivity contribution in [1.29, 1.82) is 0 Å². The number of hydrogen-bond donors (Lipinski definition) is 1. The number of tetrazole rings is 1. The fraction of sp³-hybridized carbons (Fsp3) is 0.273. The Kier molecular flexibility index (Phi) is 4.70. The van der Waals surface area contributed by atoms with E-state index in [1.807, 2.05) is 6.07 Å². The lowest BCUT2D eigenvalue weighted by Gasteiger charge is -2.06. The molecule has 0 spiro atoms. The highest BCUT2D eigenvalue weighted by Gasteiger charge is 2.12. The number of carbonyl (C=O) groups is 1. The number of aromatic nitrogens is 4. The van der Waals surface area contributed by atoms with E-state index in [-0.39, 0.29) is 6.42 Å². The molecule has 0 bridgehead atoms. The van der Waals surface area contributed by atoms with E-state index in [9.17, 15) is 4.79 Å². The van der Waals surface area contributed by atoms with Crippen LogP contribution in [0.4, 0.5) is 0 Å². The number of aryl methyl sites for hydroxylation is 1. The van der Waals surface area contributed by atoms with E-state index >= 15 is 0 Å². The minimum absolute atomic E-state index is 0.0892. The van der Waals surface area contributed by atoms with Crippen molar-refractivity contribution in [3.05, 3.63) is 26.8 Å². The van der Waals surface area contributed by atoms with E-state index in [0.29, 0.717) is 23.8 Å². The normalized spacial score (nSPS) is 10.6. The molecule has 0 amide bonds. The molecule has 0 atom stereocenters. The number of aliphatic carboxylic acids is 1. The lowest BCUT2D eigenvalue weighted by Crippen LogP contribution is -2.06. The Hall–Kier alpha value is -1.22. The van der Waals surface area contributed by atoms with Gasteiger partial charge in [-0.2, -0.15) is 0 Å². The highest BCUT2D eigenvalue weighted by atomic mass is 127. The molecule has 1 heterocycles. The van der Waals surface area contributed by atoms with E-state index in [2.05, 4.69) is 38.1 Å². The maximum atomic E-state index is 10.5. The third-order valence-corrected chi connectivity index (χ3v) is 3.64. The molecule has 0 aliphatic rings. The van der Waals surface area contributed by atoms with Crippen LogP contribution in [0.25, 0.3) is 11.4 Å². The Bertz CT molecular complexity index is 602. The number of nitrogens with zero attached hydrogens (tertiary/aromatic N) is 4. The summed E-state index contributed by atoms with van der Waals surface area (Å²) >= 11 is 8.15. The molecule has 100 valence electrons. The fourth-order valence-electron chi connectivity index (χ4n) is 1.60.